The van der Waals surface area contributed by atoms with Crippen molar-refractivity contribution in [2.45, 2.75) is 32.8 Å². The number of amides is 1. The van der Waals surface area contributed by atoms with Crippen molar-refractivity contribution in [2.24, 2.45) is 5.11 Å². The van der Waals surface area contributed by atoms with Crippen LogP contribution in [0.5, 0.6) is 0 Å². The van der Waals surface area contributed by atoms with Crippen molar-refractivity contribution in [3.63, 3.8) is 0 Å². The number of rotatable bonds is 4. The van der Waals surface area contributed by atoms with Crippen LogP contribution in [-0.4, -0.2) is 18.2 Å². The van der Waals surface area contributed by atoms with Gasteiger partial charge in [-0.15, -0.1) is 0 Å². The molecule has 0 fully saturated rings. The van der Waals surface area contributed by atoms with Gasteiger partial charge in [-0.25, -0.2) is 4.79 Å². The third-order valence-electron chi connectivity index (χ3n) is 2.25. The predicted molar refractivity (Wildman–Crippen MR) is 81.7 cm³/mol. The number of carbonyl (C=O) groups excluding carboxylic acids is 1. The van der Waals surface area contributed by atoms with E-state index < -0.39 is 11.7 Å². The van der Waals surface area contributed by atoms with Crippen molar-refractivity contribution in [3.8, 4) is 0 Å². The van der Waals surface area contributed by atoms with Gasteiger partial charge < -0.3 is 4.74 Å². The van der Waals surface area contributed by atoms with Crippen LogP contribution in [0.4, 0.5) is 10.5 Å². The van der Waals surface area contributed by atoms with E-state index in [0.29, 0.717) is 18.7 Å². The molecule has 0 aliphatic carbocycles. The number of benzene rings is 1. The van der Waals surface area contributed by atoms with Crippen molar-refractivity contribution in [1.29, 1.82) is 0 Å². The molecule has 0 heterocycles. The van der Waals surface area contributed by atoms with E-state index in [0.717, 1.165) is 10.0 Å². The molecule has 0 aromatic heterocycles. The van der Waals surface area contributed by atoms with Gasteiger partial charge in [0.1, 0.15) is 5.60 Å². The van der Waals surface area contributed by atoms with Gasteiger partial charge in [-0.2, -0.15) is 0 Å². The molecule has 0 aliphatic heterocycles. The molecule has 6 nitrogen and oxygen atoms in total. The number of azide groups is 1. The lowest BCUT2D eigenvalue weighted by atomic mass is 10.1. The molecule has 1 aromatic rings. The van der Waals surface area contributed by atoms with Gasteiger partial charge in [0.25, 0.3) is 0 Å². The summed E-state index contributed by atoms with van der Waals surface area (Å²) in [6.45, 7) is 5.74. The summed E-state index contributed by atoms with van der Waals surface area (Å²) in [5, 5.41) is 6.20. The van der Waals surface area contributed by atoms with E-state index in [2.05, 4.69) is 31.3 Å². The number of carbonyl (C=O) groups is 1. The fourth-order valence-electron chi connectivity index (χ4n) is 1.52. The highest BCUT2D eigenvalue weighted by molar-refractivity contribution is 9.10. The molecule has 1 N–H and O–H groups in total. The zero-order chi connectivity index (χ0) is 15.2. The summed E-state index contributed by atoms with van der Waals surface area (Å²) in [5.41, 5.74) is 9.27. The summed E-state index contributed by atoms with van der Waals surface area (Å²) >= 11 is 3.37. The molecular weight excluding hydrogens is 324 g/mol. The first-order valence-corrected chi connectivity index (χ1v) is 6.90. The normalized spacial score (nSPS) is 10.6. The average Bonchev–Trinajstić information content (AvgIpc) is 2.30. The molecule has 0 radical (unpaired) electrons. The number of hydrogen-bond donors (Lipinski definition) is 1. The van der Waals surface area contributed by atoms with E-state index in [-0.39, 0.29) is 0 Å². The van der Waals surface area contributed by atoms with Crippen LogP contribution in [-0.2, 0) is 11.2 Å². The quantitative estimate of drug-likeness (QED) is 0.491. The van der Waals surface area contributed by atoms with Gasteiger partial charge in [0.2, 0.25) is 0 Å². The Hall–Kier alpha value is -1.72. The van der Waals surface area contributed by atoms with Crippen LogP contribution in [0.1, 0.15) is 26.3 Å². The lowest BCUT2D eigenvalue weighted by molar-refractivity contribution is 0.0636. The molecule has 0 saturated carbocycles. The van der Waals surface area contributed by atoms with Crippen LogP contribution in [0.3, 0.4) is 0 Å². The second-order valence-corrected chi connectivity index (χ2v) is 6.05. The SMILES string of the molecule is CC(C)(C)OC(=O)Nc1ccc(Br)cc1CCN=[N+]=[N-]. The molecule has 1 rings (SSSR count). The molecule has 0 bridgehead atoms. The first-order valence-electron chi connectivity index (χ1n) is 6.11. The Labute approximate surface area is 126 Å². The molecule has 0 spiro atoms. The Kier molecular flexibility index (Phi) is 5.85. The summed E-state index contributed by atoms with van der Waals surface area (Å²) in [7, 11) is 0. The summed E-state index contributed by atoms with van der Waals surface area (Å²) in [6, 6.07) is 5.47. The minimum Gasteiger partial charge on any atom is -0.444 e. The summed E-state index contributed by atoms with van der Waals surface area (Å²) in [5.74, 6) is 0. The Morgan fingerprint density at radius 2 is 2.20 bits per heavy atom. The van der Waals surface area contributed by atoms with Gasteiger partial charge >= 0.3 is 6.09 Å². The molecule has 0 atom stereocenters. The molecular formula is C13H17BrN4O2. The van der Waals surface area contributed by atoms with Crippen molar-refractivity contribution < 1.29 is 9.53 Å². The Bertz CT molecular complexity index is 534. The Morgan fingerprint density at radius 1 is 1.50 bits per heavy atom. The average molecular weight is 341 g/mol. The third-order valence-corrected chi connectivity index (χ3v) is 2.74. The highest BCUT2D eigenvalue weighted by Gasteiger charge is 2.17. The van der Waals surface area contributed by atoms with Crippen LogP contribution in [0, 0.1) is 0 Å². The molecule has 0 aliphatic rings. The van der Waals surface area contributed by atoms with Gasteiger partial charge in [0, 0.05) is 21.6 Å². The summed E-state index contributed by atoms with van der Waals surface area (Å²) in [4.78, 5) is 14.5. The zero-order valence-electron chi connectivity index (χ0n) is 11.7. The van der Waals surface area contributed by atoms with Crippen molar-refractivity contribution >= 4 is 27.7 Å². The Balaban J connectivity index is 2.82. The predicted octanol–water partition coefficient (Wildman–Crippen LogP) is 4.65. The number of ether oxygens (including phenoxy) is 1. The van der Waals surface area contributed by atoms with E-state index >= 15 is 0 Å². The minimum absolute atomic E-state index is 0.329. The fourth-order valence-corrected chi connectivity index (χ4v) is 1.93. The largest absolute Gasteiger partial charge is 0.444 e. The van der Waals surface area contributed by atoms with Crippen molar-refractivity contribution in [2.75, 3.05) is 11.9 Å². The molecule has 20 heavy (non-hydrogen) atoms. The monoisotopic (exact) mass is 340 g/mol. The van der Waals surface area contributed by atoms with Crippen LogP contribution in [0.2, 0.25) is 0 Å². The summed E-state index contributed by atoms with van der Waals surface area (Å²) < 4.78 is 6.10. The zero-order valence-corrected chi connectivity index (χ0v) is 13.3. The molecule has 1 aromatic carbocycles. The second kappa shape index (κ2) is 7.17. The van der Waals surface area contributed by atoms with Crippen molar-refractivity contribution in [3.05, 3.63) is 38.7 Å². The molecule has 1 amide bonds. The maximum absolute atomic E-state index is 11.8. The smallest absolute Gasteiger partial charge is 0.412 e. The van der Waals surface area contributed by atoms with Crippen LogP contribution >= 0.6 is 15.9 Å². The van der Waals surface area contributed by atoms with E-state index in [9.17, 15) is 4.79 Å². The number of nitrogens with zero attached hydrogens (tertiary/aromatic N) is 3. The van der Waals surface area contributed by atoms with Gasteiger partial charge in [-0.3, -0.25) is 5.32 Å². The highest BCUT2D eigenvalue weighted by Crippen LogP contribution is 2.22. The molecule has 108 valence electrons. The van der Waals surface area contributed by atoms with Crippen LogP contribution in [0.15, 0.2) is 27.8 Å². The number of nitrogens with one attached hydrogen (secondary N) is 1. The standard InChI is InChI=1S/C13H17BrN4O2/c1-13(2,3)20-12(19)17-11-5-4-10(14)8-9(11)6-7-16-18-15/h4-5,8H,6-7H2,1-3H3,(H,17,19). The first-order chi connectivity index (χ1) is 9.31. The van der Waals surface area contributed by atoms with Crippen molar-refractivity contribution in [1.82, 2.24) is 0 Å². The van der Waals surface area contributed by atoms with E-state index in [1.807, 2.05) is 12.1 Å². The topological polar surface area (TPSA) is 87.1 Å². The van der Waals surface area contributed by atoms with Gasteiger partial charge in [0.15, 0.2) is 0 Å². The van der Waals surface area contributed by atoms with Gasteiger partial charge in [-0.1, -0.05) is 21.0 Å². The molecule has 7 heteroatoms. The minimum atomic E-state index is -0.551. The number of hydrogen-bond acceptors (Lipinski definition) is 3. The molecule has 0 unspecified atom stereocenters. The maximum atomic E-state index is 11.8. The van der Waals surface area contributed by atoms with Crippen LogP contribution in [0.25, 0.3) is 10.4 Å². The first kappa shape index (κ1) is 16.3. The maximum Gasteiger partial charge on any atom is 0.412 e. The second-order valence-electron chi connectivity index (χ2n) is 5.13. The fraction of sp³-hybridized carbons (Fsp3) is 0.462. The lowest BCUT2D eigenvalue weighted by Gasteiger charge is -2.20. The number of halogens is 1. The van der Waals surface area contributed by atoms with E-state index in [1.165, 1.54) is 0 Å². The summed E-state index contributed by atoms with van der Waals surface area (Å²) in [6.07, 6.45) is 0.0269. The Morgan fingerprint density at radius 3 is 2.80 bits per heavy atom. The third kappa shape index (κ3) is 5.95. The van der Waals surface area contributed by atoms with E-state index in [4.69, 9.17) is 10.3 Å². The van der Waals surface area contributed by atoms with Crippen LogP contribution < -0.4 is 5.32 Å². The highest BCUT2D eigenvalue weighted by atomic mass is 79.9. The van der Waals surface area contributed by atoms with E-state index in [1.54, 1.807) is 26.8 Å². The van der Waals surface area contributed by atoms with Gasteiger partial charge in [0.05, 0.1) is 0 Å². The lowest BCUT2D eigenvalue weighted by Crippen LogP contribution is -2.27. The van der Waals surface area contributed by atoms with Gasteiger partial charge in [-0.05, 0) is 56.5 Å². The molecule has 0 saturated heterocycles. The number of anilines is 1.